The van der Waals surface area contributed by atoms with E-state index in [1.54, 1.807) is 7.11 Å². The Morgan fingerprint density at radius 3 is 2.39 bits per heavy atom. The Morgan fingerprint density at radius 1 is 1.06 bits per heavy atom. The van der Waals surface area contributed by atoms with E-state index >= 15 is 0 Å². The van der Waals surface area contributed by atoms with Crippen molar-refractivity contribution < 1.29 is 14.2 Å². The maximum Gasteiger partial charge on any atom is 0.100 e. The molecule has 2 fully saturated rings. The van der Waals surface area contributed by atoms with Gasteiger partial charge in [-0.3, -0.25) is 0 Å². The highest BCUT2D eigenvalue weighted by molar-refractivity contribution is 6.21. The number of methoxy groups -OCH3 is 1. The summed E-state index contributed by atoms with van der Waals surface area (Å²) in [5, 5.41) is 0.109. The van der Waals surface area contributed by atoms with Crippen molar-refractivity contribution in [3.8, 4) is 0 Å². The first-order chi connectivity index (χ1) is 8.81. The van der Waals surface area contributed by atoms with Crippen LogP contribution in [0.2, 0.25) is 0 Å². The molecular formula is C14H25ClO3. The van der Waals surface area contributed by atoms with E-state index in [0.29, 0.717) is 19.3 Å². The third-order valence-corrected chi connectivity index (χ3v) is 4.37. The molecule has 2 aliphatic rings. The van der Waals surface area contributed by atoms with Crippen molar-refractivity contribution in [2.24, 2.45) is 0 Å². The van der Waals surface area contributed by atoms with Gasteiger partial charge >= 0.3 is 0 Å². The highest BCUT2D eigenvalue weighted by Crippen LogP contribution is 2.34. The van der Waals surface area contributed by atoms with E-state index in [-0.39, 0.29) is 17.6 Å². The van der Waals surface area contributed by atoms with Gasteiger partial charge in [-0.2, -0.15) is 0 Å². The first kappa shape index (κ1) is 14.6. The minimum Gasteiger partial charge on any atom is -0.382 e. The fourth-order valence-electron chi connectivity index (χ4n) is 2.76. The van der Waals surface area contributed by atoms with Crippen molar-refractivity contribution in [1.29, 1.82) is 0 Å². The molecule has 0 spiro atoms. The van der Waals surface area contributed by atoms with Crippen molar-refractivity contribution >= 4 is 11.6 Å². The van der Waals surface area contributed by atoms with E-state index in [4.69, 9.17) is 25.8 Å². The van der Waals surface area contributed by atoms with E-state index in [1.165, 1.54) is 38.5 Å². The lowest BCUT2D eigenvalue weighted by Crippen LogP contribution is -2.52. The van der Waals surface area contributed by atoms with Crippen molar-refractivity contribution in [3.05, 3.63) is 0 Å². The van der Waals surface area contributed by atoms with Crippen LogP contribution in [0.25, 0.3) is 0 Å². The maximum atomic E-state index is 6.19. The van der Waals surface area contributed by atoms with Gasteiger partial charge < -0.3 is 14.2 Å². The summed E-state index contributed by atoms with van der Waals surface area (Å²) in [6.45, 7) is 1.23. The second-order valence-electron chi connectivity index (χ2n) is 5.37. The van der Waals surface area contributed by atoms with Gasteiger partial charge in [0.2, 0.25) is 0 Å². The highest BCUT2D eigenvalue weighted by Gasteiger charge is 2.42. The standard InChI is InChI=1S/C14H25ClO3/c1-16-8-9-17-14-12(15)10-13(14)18-11-6-4-2-3-5-7-11/h11-14H,2-10H2,1H3. The molecule has 3 atom stereocenters. The Balaban J connectivity index is 1.70. The Hall–Kier alpha value is 0.170. The Kier molecular flexibility index (Phi) is 6.22. The largest absolute Gasteiger partial charge is 0.382 e. The van der Waals surface area contributed by atoms with Crippen LogP contribution < -0.4 is 0 Å². The molecular weight excluding hydrogens is 252 g/mol. The molecule has 2 aliphatic carbocycles. The maximum absolute atomic E-state index is 6.19. The van der Waals surface area contributed by atoms with Crippen molar-refractivity contribution in [3.63, 3.8) is 0 Å². The summed E-state index contributed by atoms with van der Waals surface area (Å²) >= 11 is 6.19. The minimum absolute atomic E-state index is 0.0602. The summed E-state index contributed by atoms with van der Waals surface area (Å²) in [5.74, 6) is 0. The van der Waals surface area contributed by atoms with Gasteiger partial charge in [0.25, 0.3) is 0 Å². The molecule has 106 valence electrons. The first-order valence-corrected chi connectivity index (χ1v) is 7.65. The molecule has 0 aliphatic heterocycles. The zero-order valence-corrected chi connectivity index (χ0v) is 12.0. The third kappa shape index (κ3) is 4.09. The van der Waals surface area contributed by atoms with Gasteiger partial charge in [0, 0.05) is 7.11 Å². The van der Waals surface area contributed by atoms with Crippen LogP contribution in [0.5, 0.6) is 0 Å². The normalized spacial score (nSPS) is 34.0. The average Bonchev–Trinajstić information content (AvgIpc) is 2.63. The van der Waals surface area contributed by atoms with Crippen LogP contribution >= 0.6 is 11.6 Å². The lowest BCUT2D eigenvalue weighted by Gasteiger charge is -2.42. The number of rotatable bonds is 6. The van der Waals surface area contributed by atoms with Gasteiger partial charge in [0.15, 0.2) is 0 Å². The summed E-state index contributed by atoms with van der Waals surface area (Å²) in [6.07, 6.45) is 9.34. The number of hydrogen-bond acceptors (Lipinski definition) is 3. The van der Waals surface area contributed by atoms with Crippen LogP contribution in [0.3, 0.4) is 0 Å². The van der Waals surface area contributed by atoms with Crippen molar-refractivity contribution in [2.75, 3.05) is 20.3 Å². The molecule has 0 aromatic rings. The Morgan fingerprint density at radius 2 is 1.78 bits per heavy atom. The number of ether oxygens (including phenoxy) is 3. The number of alkyl halides is 1. The van der Waals surface area contributed by atoms with E-state index in [0.717, 1.165) is 6.42 Å². The summed E-state index contributed by atoms with van der Waals surface area (Å²) in [6, 6.07) is 0. The van der Waals surface area contributed by atoms with Gasteiger partial charge in [-0.15, -0.1) is 11.6 Å². The molecule has 0 amide bonds. The molecule has 0 radical (unpaired) electrons. The van der Waals surface area contributed by atoms with Crippen LogP contribution in [-0.2, 0) is 14.2 Å². The van der Waals surface area contributed by atoms with Crippen LogP contribution in [0.4, 0.5) is 0 Å². The predicted octanol–water partition coefficient (Wildman–Crippen LogP) is 3.14. The number of halogens is 1. The monoisotopic (exact) mass is 276 g/mol. The number of hydrogen-bond donors (Lipinski definition) is 0. The molecule has 4 heteroatoms. The molecule has 2 rings (SSSR count). The Bertz CT molecular complexity index is 229. The lowest BCUT2D eigenvalue weighted by molar-refractivity contribution is -0.154. The smallest absolute Gasteiger partial charge is 0.100 e. The van der Waals surface area contributed by atoms with Gasteiger partial charge in [0.05, 0.1) is 30.8 Å². The summed E-state index contributed by atoms with van der Waals surface area (Å²) in [7, 11) is 1.68. The quantitative estimate of drug-likeness (QED) is 0.424. The predicted molar refractivity (Wildman–Crippen MR) is 72.2 cm³/mol. The molecule has 0 heterocycles. The molecule has 0 N–H and O–H groups in total. The molecule has 0 aromatic heterocycles. The van der Waals surface area contributed by atoms with Gasteiger partial charge in [0.1, 0.15) is 6.10 Å². The van der Waals surface area contributed by atoms with Crippen LogP contribution in [0, 0.1) is 0 Å². The second kappa shape index (κ2) is 7.68. The van der Waals surface area contributed by atoms with Crippen molar-refractivity contribution in [1.82, 2.24) is 0 Å². The molecule has 0 aromatic carbocycles. The van der Waals surface area contributed by atoms with Crippen LogP contribution in [0.15, 0.2) is 0 Å². The summed E-state index contributed by atoms with van der Waals surface area (Å²) in [4.78, 5) is 0. The Labute approximate surface area is 115 Å². The molecule has 0 bridgehead atoms. The fraction of sp³-hybridized carbons (Fsp3) is 1.00. The third-order valence-electron chi connectivity index (χ3n) is 3.95. The first-order valence-electron chi connectivity index (χ1n) is 7.21. The average molecular weight is 277 g/mol. The van der Waals surface area contributed by atoms with Crippen LogP contribution in [-0.4, -0.2) is 44.0 Å². The van der Waals surface area contributed by atoms with E-state index in [2.05, 4.69) is 0 Å². The van der Waals surface area contributed by atoms with Crippen LogP contribution in [0.1, 0.15) is 44.9 Å². The van der Waals surface area contributed by atoms with Gasteiger partial charge in [-0.25, -0.2) is 0 Å². The second-order valence-corrected chi connectivity index (χ2v) is 5.93. The molecule has 3 unspecified atom stereocenters. The minimum atomic E-state index is 0.0602. The van der Waals surface area contributed by atoms with E-state index in [1.807, 2.05) is 0 Å². The molecule has 18 heavy (non-hydrogen) atoms. The zero-order chi connectivity index (χ0) is 12.8. The van der Waals surface area contributed by atoms with Gasteiger partial charge in [-0.05, 0) is 19.3 Å². The molecule has 0 saturated heterocycles. The van der Waals surface area contributed by atoms with E-state index < -0.39 is 0 Å². The summed E-state index contributed by atoms with van der Waals surface area (Å²) < 4.78 is 16.9. The SMILES string of the molecule is COCCOC1C(Cl)CC1OC1CCCCCC1. The fourth-order valence-corrected chi connectivity index (χ4v) is 3.18. The highest BCUT2D eigenvalue weighted by atomic mass is 35.5. The lowest BCUT2D eigenvalue weighted by atomic mass is 9.90. The zero-order valence-electron chi connectivity index (χ0n) is 11.3. The van der Waals surface area contributed by atoms with Crippen molar-refractivity contribution in [2.45, 2.75) is 68.6 Å². The summed E-state index contributed by atoms with van der Waals surface area (Å²) in [5.41, 5.74) is 0. The van der Waals surface area contributed by atoms with Gasteiger partial charge in [-0.1, -0.05) is 25.7 Å². The molecule has 3 nitrogen and oxygen atoms in total. The van der Waals surface area contributed by atoms with E-state index in [9.17, 15) is 0 Å². The topological polar surface area (TPSA) is 27.7 Å². The molecule has 2 saturated carbocycles.